The number of rotatable bonds is 2. The zero-order chi connectivity index (χ0) is 11.9. The minimum absolute atomic E-state index is 0.0315. The number of nitrogens with zero attached hydrogens (tertiary/aromatic N) is 2. The van der Waals surface area contributed by atoms with Crippen LogP contribution in [0, 0.1) is 3.70 Å². The van der Waals surface area contributed by atoms with Gasteiger partial charge in [-0.3, -0.25) is 4.68 Å². The van der Waals surface area contributed by atoms with Gasteiger partial charge in [-0.2, -0.15) is 5.10 Å². The molecule has 5 nitrogen and oxygen atoms in total. The van der Waals surface area contributed by atoms with E-state index in [1.54, 1.807) is 18.7 Å². The average Bonchev–Trinajstić information content (AvgIpc) is 2.68. The van der Waals surface area contributed by atoms with Gasteiger partial charge in [0.15, 0.2) is 10.6 Å². The van der Waals surface area contributed by atoms with Gasteiger partial charge in [0.1, 0.15) is 8.53 Å². The topological polar surface area (TPSA) is 64.3 Å². The summed E-state index contributed by atoms with van der Waals surface area (Å²) in [6.07, 6.45) is 0. The van der Waals surface area contributed by atoms with Crippen LogP contribution in [0.4, 0.5) is 0 Å². The van der Waals surface area contributed by atoms with E-state index in [-0.39, 0.29) is 10.6 Å². The van der Waals surface area contributed by atoms with E-state index in [0.29, 0.717) is 15.7 Å². The van der Waals surface area contributed by atoms with Crippen molar-refractivity contribution in [3.63, 3.8) is 0 Å². The van der Waals surface area contributed by atoms with Crippen LogP contribution in [0.2, 0.25) is 0 Å². The van der Waals surface area contributed by atoms with Crippen LogP contribution in [0.3, 0.4) is 0 Å². The predicted molar refractivity (Wildman–Crippen MR) is 68.9 cm³/mol. The van der Waals surface area contributed by atoms with Crippen LogP contribution in [0.5, 0.6) is 5.75 Å². The molecule has 0 radical (unpaired) electrons. The normalized spacial score (nSPS) is 10.9. The molecule has 86 valence electrons. The number of hydrogen-bond acceptors (Lipinski definition) is 5. The fourth-order valence-electron chi connectivity index (χ4n) is 1.39. The molecule has 1 N–H and O–H groups in total. The Hall–Kier alpha value is -0.830. The molecule has 0 fully saturated rings. The summed E-state index contributed by atoms with van der Waals surface area (Å²) >= 11 is 3.22. The molecule has 7 heteroatoms. The molecule has 2 aromatic rings. The number of fused-ring (bicyclic) bond motifs is 1. The van der Waals surface area contributed by atoms with Gasteiger partial charge < -0.3 is 9.84 Å². The second-order valence-corrected chi connectivity index (χ2v) is 5.12. The first-order chi connectivity index (χ1) is 7.56. The van der Waals surface area contributed by atoms with E-state index in [9.17, 15) is 9.90 Å². The van der Waals surface area contributed by atoms with Gasteiger partial charge in [-0.05, 0) is 29.5 Å². The van der Waals surface area contributed by atoms with E-state index < -0.39 is 5.97 Å². The molecule has 0 spiro atoms. The van der Waals surface area contributed by atoms with Crippen molar-refractivity contribution in [3.05, 3.63) is 8.58 Å². The minimum Gasteiger partial charge on any atom is -0.505 e. The van der Waals surface area contributed by atoms with Crippen molar-refractivity contribution in [2.24, 2.45) is 7.05 Å². The molecular formula is C9H9IN2O3S. The van der Waals surface area contributed by atoms with Crippen molar-refractivity contribution in [2.45, 2.75) is 6.92 Å². The summed E-state index contributed by atoms with van der Waals surface area (Å²) in [5, 5.41) is 14.7. The van der Waals surface area contributed by atoms with Gasteiger partial charge in [0.2, 0.25) is 0 Å². The van der Waals surface area contributed by atoms with Crippen LogP contribution >= 0.6 is 33.9 Å². The predicted octanol–water partition coefficient (Wildman–Crippen LogP) is 2.12. The monoisotopic (exact) mass is 352 g/mol. The van der Waals surface area contributed by atoms with Crippen molar-refractivity contribution in [2.75, 3.05) is 6.61 Å². The second kappa shape index (κ2) is 4.21. The molecule has 0 amide bonds. The van der Waals surface area contributed by atoms with Gasteiger partial charge in [0, 0.05) is 7.05 Å². The number of aromatic nitrogens is 2. The first-order valence-electron chi connectivity index (χ1n) is 4.57. The van der Waals surface area contributed by atoms with Crippen LogP contribution in [-0.2, 0) is 11.8 Å². The lowest BCUT2D eigenvalue weighted by Crippen LogP contribution is -2.02. The molecule has 0 aliphatic carbocycles. The number of halogens is 1. The van der Waals surface area contributed by atoms with Crippen LogP contribution in [0.15, 0.2) is 0 Å². The lowest BCUT2D eigenvalue weighted by Gasteiger charge is -1.98. The summed E-state index contributed by atoms with van der Waals surface area (Å²) in [5.74, 6) is -0.520. The lowest BCUT2D eigenvalue weighted by molar-refractivity contribution is 0.0529. The van der Waals surface area contributed by atoms with E-state index >= 15 is 0 Å². The molecule has 0 aromatic carbocycles. The SMILES string of the molecule is CCOC(=O)c1sc2c(c(I)nn2C)c1O. The van der Waals surface area contributed by atoms with E-state index in [4.69, 9.17) is 4.74 Å². The van der Waals surface area contributed by atoms with Crippen LogP contribution < -0.4 is 0 Å². The first-order valence-corrected chi connectivity index (χ1v) is 6.46. The molecule has 0 saturated heterocycles. The standard InChI is InChI=1S/C9H9IN2O3S/c1-3-15-9(14)6-5(13)4-7(10)11-12(2)8(4)16-6/h13H,3H2,1-2H3. The number of ether oxygens (including phenoxy) is 1. The summed E-state index contributed by atoms with van der Waals surface area (Å²) in [4.78, 5) is 12.6. The number of hydrogen-bond donors (Lipinski definition) is 1. The van der Waals surface area contributed by atoms with Crippen molar-refractivity contribution >= 4 is 50.1 Å². The van der Waals surface area contributed by atoms with Crippen LogP contribution in [-0.4, -0.2) is 27.5 Å². The molecule has 0 atom stereocenters. The van der Waals surface area contributed by atoms with Crippen molar-refractivity contribution < 1.29 is 14.6 Å². The fourth-order valence-corrected chi connectivity index (χ4v) is 3.41. The van der Waals surface area contributed by atoms with E-state index in [0.717, 1.165) is 4.83 Å². The molecule has 0 bridgehead atoms. The first kappa shape index (κ1) is 11.6. The molecule has 0 unspecified atom stereocenters. The smallest absolute Gasteiger partial charge is 0.352 e. The number of thiophene rings is 1. The number of esters is 1. The maximum absolute atomic E-state index is 11.6. The summed E-state index contributed by atoms with van der Waals surface area (Å²) in [6.45, 7) is 2.02. The Balaban J connectivity index is 2.61. The highest BCUT2D eigenvalue weighted by molar-refractivity contribution is 14.1. The van der Waals surface area contributed by atoms with E-state index in [1.807, 2.05) is 22.6 Å². The highest BCUT2D eigenvalue weighted by Crippen LogP contribution is 2.39. The molecule has 2 aromatic heterocycles. The molecule has 0 aliphatic rings. The van der Waals surface area contributed by atoms with Gasteiger partial charge in [-0.25, -0.2) is 4.79 Å². The highest BCUT2D eigenvalue weighted by atomic mass is 127. The van der Waals surface area contributed by atoms with Crippen molar-refractivity contribution in [3.8, 4) is 5.75 Å². The zero-order valence-electron chi connectivity index (χ0n) is 8.65. The highest BCUT2D eigenvalue weighted by Gasteiger charge is 2.23. The summed E-state index contributed by atoms with van der Waals surface area (Å²) in [5.41, 5.74) is 0. The number of aromatic hydroxyl groups is 1. The number of aryl methyl sites for hydroxylation is 1. The summed E-state index contributed by atoms with van der Waals surface area (Å²) < 4.78 is 7.19. The van der Waals surface area contributed by atoms with E-state index in [2.05, 4.69) is 5.10 Å². The summed E-state index contributed by atoms with van der Waals surface area (Å²) in [6, 6.07) is 0. The third-order valence-corrected chi connectivity index (χ3v) is 4.04. The molecule has 2 rings (SSSR count). The lowest BCUT2D eigenvalue weighted by atomic mass is 10.3. The van der Waals surface area contributed by atoms with Gasteiger partial charge in [-0.1, -0.05) is 0 Å². The van der Waals surface area contributed by atoms with Crippen molar-refractivity contribution in [1.82, 2.24) is 9.78 Å². The number of carbonyl (C=O) groups is 1. The Kier molecular flexibility index (Phi) is 3.06. The third-order valence-electron chi connectivity index (χ3n) is 2.06. The molecule has 16 heavy (non-hydrogen) atoms. The molecule has 0 aliphatic heterocycles. The summed E-state index contributed by atoms with van der Waals surface area (Å²) in [7, 11) is 1.77. The Labute approximate surface area is 109 Å². The average molecular weight is 352 g/mol. The largest absolute Gasteiger partial charge is 0.505 e. The fraction of sp³-hybridized carbons (Fsp3) is 0.333. The zero-order valence-corrected chi connectivity index (χ0v) is 11.6. The Morgan fingerprint density at radius 3 is 2.94 bits per heavy atom. The van der Waals surface area contributed by atoms with Crippen LogP contribution in [0.1, 0.15) is 16.6 Å². The van der Waals surface area contributed by atoms with Gasteiger partial charge in [-0.15, -0.1) is 11.3 Å². The molecular weight excluding hydrogens is 343 g/mol. The van der Waals surface area contributed by atoms with Crippen molar-refractivity contribution in [1.29, 1.82) is 0 Å². The molecule has 0 saturated carbocycles. The van der Waals surface area contributed by atoms with Gasteiger partial charge in [0.25, 0.3) is 0 Å². The van der Waals surface area contributed by atoms with Crippen LogP contribution in [0.25, 0.3) is 10.2 Å². The number of carbonyl (C=O) groups excluding carboxylic acids is 1. The molecule has 2 heterocycles. The Bertz CT molecular complexity index is 561. The maximum atomic E-state index is 11.6. The Morgan fingerprint density at radius 1 is 1.69 bits per heavy atom. The van der Waals surface area contributed by atoms with Gasteiger partial charge >= 0.3 is 5.97 Å². The Morgan fingerprint density at radius 2 is 2.38 bits per heavy atom. The maximum Gasteiger partial charge on any atom is 0.352 e. The minimum atomic E-state index is -0.489. The second-order valence-electron chi connectivity index (χ2n) is 3.09. The van der Waals surface area contributed by atoms with Gasteiger partial charge in [0.05, 0.1) is 12.0 Å². The quantitative estimate of drug-likeness (QED) is 0.664. The van der Waals surface area contributed by atoms with E-state index in [1.165, 1.54) is 11.3 Å². The third kappa shape index (κ3) is 1.67.